The van der Waals surface area contributed by atoms with Crippen molar-refractivity contribution in [2.75, 3.05) is 4.90 Å². The fourth-order valence-corrected chi connectivity index (χ4v) is 9.03. The number of nitrogens with zero attached hydrogens (tertiary/aromatic N) is 1. The maximum atomic E-state index is 2.44. The van der Waals surface area contributed by atoms with E-state index in [1.54, 1.807) is 0 Å². The quantitative estimate of drug-likeness (QED) is 0.160. The summed E-state index contributed by atoms with van der Waals surface area (Å²) in [7, 11) is 0. The molecule has 0 spiro atoms. The van der Waals surface area contributed by atoms with Gasteiger partial charge in [-0.15, -0.1) is 11.3 Å². The first kappa shape index (κ1) is 32.0. The van der Waals surface area contributed by atoms with Crippen LogP contribution in [0.5, 0.6) is 0 Å². The Morgan fingerprint density at radius 1 is 0.315 bits per heavy atom. The number of thiophene rings is 1. The topological polar surface area (TPSA) is 3.24 Å². The highest BCUT2D eigenvalue weighted by Gasteiger charge is 2.21. The second-order valence-electron chi connectivity index (χ2n) is 13.7. The van der Waals surface area contributed by atoms with Gasteiger partial charge in [-0.05, 0) is 92.2 Å². The lowest BCUT2D eigenvalue weighted by Gasteiger charge is -2.29. The summed E-state index contributed by atoms with van der Waals surface area (Å²) in [6.45, 7) is 0. The number of fused-ring (bicyclic) bond motifs is 4. The minimum absolute atomic E-state index is 1.11. The van der Waals surface area contributed by atoms with Gasteiger partial charge in [0.05, 0.1) is 5.69 Å². The van der Waals surface area contributed by atoms with Crippen LogP contribution in [0.1, 0.15) is 0 Å². The van der Waals surface area contributed by atoms with Crippen LogP contribution in [0, 0.1) is 0 Å². The maximum Gasteiger partial charge on any atom is 0.0546 e. The van der Waals surface area contributed by atoms with Crippen molar-refractivity contribution < 1.29 is 0 Å². The zero-order valence-corrected chi connectivity index (χ0v) is 30.4. The van der Waals surface area contributed by atoms with Crippen molar-refractivity contribution in [3.05, 3.63) is 212 Å². The second-order valence-corrected chi connectivity index (χ2v) is 14.8. The van der Waals surface area contributed by atoms with E-state index in [-0.39, 0.29) is 0 Å². The number of benzene rings is 9. The molecule has 0 bridgehead atoms. The van der Waals surface area contributed by atoms with Crippen LogP contribution in [0.15, 0.2) is 212 Å². The maximum absolute atomic E-state index is 2.44. The van der Waals surface area contributed by atoms with Crippen molar-refractivity contribution in [3.63, 3.8) is 0 Å². The van der Waals surface area contributed by atoms with E-state index in [4.69, 9.17) is 0 Å². The van der Waals surface area contributed by atoms with Gasteiger partial charge in [0.15, 0.2) is 0 Å². The Kier molecular flexibility index (Phi) is 8.09. The summed E-state index contributed by atoms with van der Waals surface area (Å²) < 4.78 is 2.59. The molecule has 0 aliphatic heterocycles. The van der Waals surface area contributed by atoms with Gasteiger partial charge in [-0.1, -0.05) is 170 Å². The van der Waals surface area contributed by atoms with E-state index in [1.165, 1.54) is 75.5 Å². The molecule has 54 heavy (non-hydrogen) atoms. The minimum Gasteiger partial charge on any atom is -0.310 e. The first-order valence-electron chi connectivity index (χ1n) is 18.4. The summed E-state index contributed by atoms with van der Waals surface area (Å²) in [6, 6.07) is 77.2. The normalized spacial score (nSPS) is 11.3. The average molecular weight is 706 g/mol. The van der Waals surface area contributed by atoms with Gasteiger partial charge in [-0.25, -0.2) is 0 Å². The second kappa shape index (κ2) is 13.7. The van der Waals surface area contributed by atoms with E-state index in [0.29, 0.717) is 0 Å². The minimum atomic E-state index is 1.11. The number of hydrogen-bond donors (Lipinski definition) is 0. The Bertz CT molecular complexity index is 2910. The molecule has 0 unspecified atom stereocenters. The molecule has 1 aromatic heterocycles. The molecular weight excluding hydrogens is 671 g/mol. The molecule has 0 radical (unpaired) electrons. The number of rotatable bonds is 7. The molecule has 0 aliphatic carbocycles. The molecule has 0 atom stereocenters. The Hall–Kier alpha value is -6.74. The SMILES string of the molecule is c1ccc(-c2ccc(-c3ccc(N(c4ccc5c(c4)sc4ccccc45)c4ccc5ccccc5c4-c4ccccc4)cc3)c(-c3ccccc3)c2)cc1. The van der Waals surface area contributed by atoms with Crippen molar-refractivity contribution in [1.29, 1.82) is 0 Å². The van der Waals surface area contributed by atoms with Crippen LogP contribution >= 0.6 is 11.3 Å². The molecule has 0 amide bonds. The van der Waals surface area contributed by atoms with Gasteiger partial charge in [-0.2, -0.15) is 0 Å². The number of hydrogen-bond acceptors (Lipinski definition) is 2. The molecule has 10 aromatic rings. The lowest BCUT2D eigenvalue weighted by molar-refractivity contribution is 1.30. The van der Waals surface area contributed by atoms with Crippen LogP contribution in [-0.4, -0.2) is 0 Å². The predicted octanol–water partition coefficient (Wildman–Crippen LogP) is 15.3. The molecule has 9 aromatic carbocycles. The highest BCUT2D eigenvalue weighted by Crippen LogP contribution is 2.47. The van der Waals surface area contributed by atoms with Gasteiger partial charge in [0.25, 0.3) is 0 Å². The summed E-state index contributed by atoms with van der Waals surface area (Å²) in [5.74, 6) is 0. The van der Waals surface area contributed by atoms with Gasteiger partial charge >= 0.3 is 0 Å². The molecule has 0 N–H and O–H groups in total. The third-order valence-corrected chi connectivity index (χ3v) is 11.6. The van der Waals surface area contributed by atoms with E-state index in [0.717, 1.165) is 17.1 Å². The van der Waals surface area contributed by atoms with Gasteiger partial charge in [0.2, 0.25) is 0 Å². The van der Waals surface area contributed by atoms with E-state index >= 15 is 0 Å². The first-order chi connectivity index (χ1) is 26.8. The summed E-state index contributed by atoms with van der Waals surface area (Å²) in [5.41, 5.74) is 13.0. The highest BCUT2D eigenvalue weighted by atomic mass is 32.1. The molecule has 0 saturated carbocycles. The lowest BCUT2D eigenvalue weighted by Crippen LogP contribution is -2.11. The molecule has 10 rings (SSSR count). The molecule has 0 aliphatic rings. The van der Waals surface area contributed by atoms with Crippen LogP contribution in [0.3, 0.4) is 0 Å². The molecule has 0 saturated heterocycles. The fraction of sp³-hybridized carbons (Fsp3) is 0. The van der Waals surface area contributed by atoms with Crippen molar-refractivity contribution in [2.45, 2.75) is 0 Å². The van der Waals surface area contributed by atoms with E-state index < -0.39 is 0 Å². The smallest absolute Gasteiger partial charge is 0.0546 e. The van der Waals surface area contributed by atoms with E-state index in [1.807, 2.05) is 11.3 Å². The van der Waals surface area contributed by atoms with Crippen LogP contribution in [-0.2, 0) is 0 Å². The summed E-state index contributed by atoms with van der Waals surface area (Å²) in [4.78, 5) is 2.44. The monoisotopic (exact) mass is 705 g/mol. The van der Waals surface area contributed by atoms with Gasteiger partial charge in [-0.3, -0.25) is 0 Å². The number of anilines is 3. The third-order valence-electron chi connectivity index (χ3n) is 10.5. The highest BCUT2D eigenvalue weighted by molar-refractivity contribution is 7.25. The Balaban J connectivity index is 1.16. The zero-order chi connectivity index (χ0) is 35.8. The Labute approximate surface area is 319 Å². The van der Waals surface area contributed by atoms with Gasteiger partial charge in [0.1, 0.15) is 0 Å². The lowest BCUT2D eigenvalue weighted by atomic mass is 9.91. The van der Waals surface area contributed by atoms with Crippen LogP contribution in [0.25, 0.3) is 75.5 Å². The van der Waals surface area contributed by atoms with E-state index in [9.17, 15) is 0 Å². The van der Waals surface area contributed by atoms with Gasteiger partial charge < -0.3 is 4.90 Å². The van der Waals surface area contributed by atoms with Crippen LogP contribution < -0.4 is 4.90 Å². The van der Waals surface area contributed by atoms with Crippen molar-refractivity contribution in [2.24, 2.45) is 0 Å². The average Bonchev–Trinajstić information content (AvgIpc) is 3.63. The molecule has 1 nitrogen and oxygen atoms in total. The molecule has 2 heteroatoms. The summed E-state index contributed by atoms with van der Waals surface area (Å²) in [5, 5.41) is 5.06. The fourth-order valence-electron chi connectivity index (χ4n) is 7.89. The predicted molar refractivity (Wildman–Crippen MR) is 233 cm³/mol. The first-order valence-corrected chi connectivity index (χ1v) is 19.2. The van der Waals surface area contributed by atoms with Crippen molar-refractivity contribution in [1.82, 2.24) is 0 Å². The van der Waals surface area contributed by atoms with Gasteiger partial charge in [0, 0.05) is 37.1 Å². The Morgan fingerprint density at radius 3 is 1.65 bits per heavy atom. The molecular formula is C52H35NS. The molecule has 1 heterocycles. The molecule has 254 valence electrons. The zero-order valence-electron chi connectivity index (χ0n) is 29.6. The molecule has 0 fully saturated rings. The van der Waals surface area contributed by atoms with Crippen LogP contribution in [0.4, 0.5) is 17.1 Å². The third kappa shape index (κ3) is 5.74. The largest absolute Gasteiger partial charge is 0.310 e. The Morgan fingerprint density at radius 2 is 0.889 bits per heavy atom. The summed E-state index contributed by atoms with van der Waals surface area (Å²) in [6.07, 6.45) is 0. The van der Waals surface area contributed by atoms with Crippen LogP contribution in [0.2, 0.25) is 0 Å². The summed E-state index contributed by atoms with van der Waals surface area (Å²) >= 11 is 1.86. The van der Waals surface area contributed by atoms with E-state index in [2.05, 4.69) is 217 Å². The van der Waals surface area contributed by atoms with Crippen molar-refractivity contribution >= 4 is 59.3 Å². The van der Waals surface area contributed by atoms with Crippen molar-refractivity contribution in [3.8, 4) is 44.5 Å². The standard InChI is InChI=1S/C52H35NS/c1-4-14-36(15-5-1)41-26-31-44(48(34-41)37-16-6-2-7-17-37)39-24-28-42(29-25-39)53(43-30-32-47-46-22-12-13-23-50(46)54-51(47)35-43)49-33-27-38-18-10-11-21-45(38)52(49)40-19-8-3-9-20-40/h1-35H.